The summed E-state index contributed by atoms with van der Waals surface area (Å²) in [6.07, 6.45) is 0. The maximum Gasteiger partial charge on any atom is 0.0713 e. The average molecular weight is 803 g/mol. The van der Waals surface area contributed by atoms with Crippen molar-refractivity contribution in [1.82, 2.24) is 4.57 Å². The van der Waals surface area contributed by atoms with Gasteiger partial charge in [-0.05, 0) is 110 Å². The minimum absolute atomic E-state index is 0.453. The summed E-state index contributed by atoms with van der Waals surface area (Å²) < 4.78 is 2.40. The molecule has 0 bridgehead atoms. The third kappa shape index (κ3) is 5.87. The van der Waals surface area contributed by atoms with Gasteiger partial charge in [0.25, 0.3) is 0 Å². The number of para-hydroxylation sites is 2. The van der Waals surface area contributed by atoms with Crippen LogP contribution in [0.5, 0.6) is 0 Å². The zero-order chi connectivity index (χ0) is 41.7. The summed E-state index contributed by atoms with van der Waals surface area (Å²) in [5.41, 5.74) is 18.8. The molecular weight excluding hydrogens is 761 g/mol. The fourth-order valence-electron chi connectivity index (χ4n) is 10.4. The topological polar surface area (TPSA) is 8.17 Å². The highest BCUT2D eigenvalue weighted by atomic mass is 15.1. The Kier molecular flexibility index (Phi) is 8.76. The molecule has 10 aromatic carbocycles. The number of hydrogen-bond donors (Lipinski definition) is 0. The molecule has 1 heterocycles. The van der Waals surface area contributed by atoms with E-state index in [-0.39, 0.29) is 0 Å². The molecular formula is C61H42N2. The minimum Gasteiger partial charge on any atom is -0.310 e. The van der Waals surface area contributed by atoms with Crippen molar-refractivity contribution in [3.05, 3.63) is 277 Å². The first-order valence-corrected chi connectivity index (χ1v) is 21.8. The molecule has 1 aliphatic rings. The van der Waals surface area contributed by atoms with E-state index in [9.17, 15) is 0 Å². The lowest BCUT2D eigenvalue weighted by atomic mass is 9.67. The van der Waals surface area contributed by atoms with E-state index in [1.807, 2.05) is 0 Å². The van der Waals surface area contributed by atoms with Gasteiger partial charge in [0, 0.05) is 33.5 Å². The number of nitrogens with zero attached hydrogens (tertiary/aromatic N) is 2. The van der Waals surface area contributed by atoms with E-state index < -0.39 is 5.41 Å². The van der Waals surface area contributed by atoms with E-state index in [0.29, 0.717) is 0 Å². The van der Waals surface area contributed by atoms with Crippen LogP contribution >= 0.6 is 0 Å². The van der Waals surface area contributed by atoms with Crippen LogP contribution in [0.2, 0.25) is 0 Å². The summed E-state index contributed by atoms with van der Waals surface area (Å²) in [5, 5.41) is 2.47. The van der Waals surface area contributed by atoms with Crippen molar-refractivity contribution in [2.45, 2.75) is 5.41 Å². The Morgan fingerprint density at radius 1 is 0.317 bits per heavy atom. The van der Waals surface area contributed by atoms with E-state index >= 15 is 0 Å². The molecule has 0 aliphatic heterocycles. The molecule has 2 heteroatoms. The summed E-state index contributed by atoms with van der Waals surface area (Å²) in [4.78, 5) is 2.41. The maximum atomic E-state index is 2.41. The quantitative estimate of drug-likeness (QED) is 0.149. The Balaban J connectivity index is 1.04. The van der Waals surface area contributed by atoms with Crippen molar-refractivity contribution in [2.24, 2.45) is 0 Å². The fourth-order valence-corrected chi connectivity index (χ4v) is 10.4. The number of aromatic nitrogens is 1. The standard InChI is InChI=1S/C61H42N2/c1-5-19-43(20-6-1)45-21-17-28-50(41-45)62(51-39-40-54-53-29-14-16-34-58(53)63(59(54)42-51)48-26-11-4-12-27-48)49-37-35-44(36-38-49)52-31-18-33-57-60(52)55-30-13-15-32-56(55)61(57,46-22-7-2-8-23-46)47-24-9-3-10-25-47/h1-42H. The van der Waals surface area contributed by atoms with Gasteiger partial charge in [-0.15, -0.1) is 0 Å². The zero-order valence-electron chi connectivity index (χ0n) is 34.6. The number of hydrogen-bond acceptors (Lipinski definition) is 1. The van der Waals surface area contributed by atoms with Gasteiger partial charge in [-0.2, -0.15) is 0 Å². The van der Waals surface area contributed by atoms with Gasteiger partial charge in [0.15, 0.2) is 0 Å². The second kappa shape index (κ2) is 15.1. The molecule has 0 radical (unpaired) electrons. The van der Waals surface area contributed by atoms with Crippen molar-refractivity contribution in [3.8, 4) is 39.1 Å². The van der Waals surface area contributed by atoms with Crippen LogP contribution in [0, 0.1) is 0 Å². The Morgan fingerprint density at radius 3 is 1.60 bits per heavy atom. The summed E-state index contributed by atoms with van der Waals surface area (Å²) in [6.45, 7) is 0. The molecule has 0 amide bonds. The van der Waals surface area contributed by atoms with Crippen molar-refractivity contribution < 1.29 is 0 Å². The molecule has 0 saturated carbocycles. The normalized spacial score (nSPS) is 12.6. The fraction of sp³-hybridized carbons (Fsp3) is 0.0164. The molecule has 0 saturated heterocycles. The molecule has 63 heavy (non-hydrogen) atoms. The van der Waals surface area contributed by atoms with Gasteiger partial charge in [0.1, 0.15) is 0 Å². The maximum absolute atomic E-state index is 2.41. The van der Waals surface area contributed by atoms with Gasteiger partial charge in [-0.25, -0.2) is 0 Å². The smallest absolute Gasteiger partial charge is 0.0713 e. The highest BCUT2D eigenvalue weighted by Gasteiger charge is 2.46. The average Bonchev–Trinajstić information content (AvgIpc) is 3.86. The third-order valence-corrected chi connectivity index (χ3v) is 13.1. The van der Waals surface area contributed by atoms with Gasteiger partial charge in [-0.3, -0.25) is 0 Å². The number of anilines is 3. The molecule has 11 aromatic rings. The van der Waals surface area contributed by atoms with E-state index in [1.165, 1.54) is 77.4 Å². The van der Waals surface area contributed by atoms with Crippen molar-refractivity contribution in [1.29, 1.82) is 0 Å². The molecule has 0 spiro atoms. The predicted octanol–water partition coefficient (Wildman–Crippen LogP) is 16.0. The lowest BCUT2D eigenvalue weighted by Gasteiger charge is -2.34. The van der Waals surface area contributed by atoms with E-state index in [0.717, 1.165) is 22.7 Å². The Morgan fingerprint density at radius 2 is 0.857 bits per heavy atom. The molecule has 0 N–H and O–H groups in total. The van der Waals surface area contributed by atoms with Crippen LogP contribution in [0.3, 0.4) is 0 Å². The van der Waals surface area contributed by atoms with Crippen molar-refractivity contribution >= 4 is 38.9 Å². The van der Waals surface area contributed by atoms with Crippen LogP contribution in [0.25, 0.3) is 60.9 Å². The van der Waals surface area contributed by atoms with Crippen molar-refractivity contribution in [3.63, 3.8) is 0 Å². The molecule has 1 aromatic heterocycles. The second-order valence-electron chi connectivity index (χ2n) is 16.4. The zero-order valence-corrected chi connectivity index (χ0v) is 34.6. The largest absolute Gasteiger partial charge is 0.310 e. The van der Waals surface area contributed by atoms with Crippen LogP contribution in [-0.2, 0) is 5.41 Å². The molecule has 296 valence electrons. The second-order valence-corrected chi connectivity index (χ2v) is 16.4. The first-order chi connectivity index (χ1) is 31.3. The third-order valence-electron chi connectivity index (χ3n) is 13.1. The van der Waals surface area contributed by atoms with E-state index in [2.05, 4.69) is 264 Å². The monoisotopic (exact) mass is 802 g/mol. The number of benzene rings is 10. The van der Waals surface area contributed by atoms with Crippen molar-refractivity contribution in [2.75, 3.05) is 4.90 Å². The molecule has 0 fully saturated rings. The number of fused-ring (bicyclic) bond motifs is 6. The lowest BCUT2D eigenvalue weighted by Crippen LogP contribution is -2.28. The molecule has 12 rings (SSSR count). The van der Waals surface area contributed by atoms with Crippen LogP contribution in [0.4, 0.5) is 17.1 Å². The van der Waals surface area contributed by atoms with E-state index in [4.69, 9.17) is 0 Å². The summed E-state index contributed by atoms with van der Waals surface area (Å²) in [6, 6.07) is 93.2. The van der Waals surface area contributed by atoms with E-state index in [1.54, 1.807) is 0 Å². The summed E-state index contributed by atoms with van der Waals surface area (Å²) in [5.74, 6) is 0. The highest BCUT2D eigenvalue weighted by Crippen LogP contribution is 2.58. The van der Waals surface area contributed by atoms with Gasteiger partial charge in [0.05, 0.1) is 16.4 Å². The Bertz CT molecular complexity index is 3380. The van der Waals surface area contributed by atoms with Gasteiger partial charge in [-0.1, -0.05) is 200 Å². The number of rotatable bonds is 8. The first-order valence-electron chi connectivity index (χ1n) is 21.8. The SMILES string of the molecule is c1ccc(-c2cccc(N(c3ccc(-c4cccc5c4-c4ccccc4C5(c4ccccc4)c4ccccc4)cc3)c3ccc4c5ccccc5n(-c5ccccc5)c4c3)c2)cc1. The van der Waals surface area contributed by atoms with Crippen LogP contribution in [0.15, 0.2) is 255 Å². The lowest BCUT2D eigenvalue weighted by molar-refractivity contribution is 0.768. The summed E-state index contributed by atoms with van der Waals surface area (Å²) >= 11 is 0. The predicted molar refractivity (Wildman–Crippen MR) is 264 cm³/mol. The van der Waals surface area contributed by atoms with Gasteiger partial charge in [0.2, 0.25) is 0 Å². The van der Waals surface area contributed by atoms with Crippen LogP contribution in [-0.4, -0.2) is 4.57 Å². The molecule has 0 atom stereocenters. The Hall–Kier alpha value is -8.20. The van der Waals surface area contributed by atoms with Crippen LogP contribution < -0.4 is 4.90 Å². The Labute approximate surface area is 368 Å². The molecule has 0 unspecified atom stereocenters. The van der Waals surface area contributed by atoms with Crippen LogP contribution in [0.1, 0.15) is 22.3 Å². The minimum atomic E-state index is -0.453. The first kappa shape index (κ1) is 36.6. The molecule has 2 nitrogen and oxygen atoms in total. The summed E-state index contributed by atoms with van der Waals surface area (Å²) in [7, 11) is 0. The molecule has 1 aliphatic carbocycles. The van der Waals surface area contributed by atoms with Gasteiger partial charge < -0.3 is 9.47 Å². The van der Waals surface area contributed by atoms with Gasteiger partial charge >= 0.3 is 0 Å². The highest BCUT2D eigenvalue weighted by molar-refractivity contribution is 6.10.